The molecule has 0 bridgehead atoms. The van der Waals surface area contributed by atoms with Gasteiger partial charge < -0.3 is 14.2 Å². The Balaban J connectivity index is 1.41. The molecule has 9 nitrogen and oxygen atoms in total. The summed E-state index contributed by atoms with van der Waals surface area (Å²) in [6.45, 7) is 0.519. The summed E-state index contributed by atoms with van der Waals surface area (Å²) in [6.07, 6.45) is 11.1. The van der Waals surface area contributed by atoms with E-state index in [2.05, 4.69) is 15.0 Å². The van der Waals surface area contributed by atoms with Crippen molar-refractivity contribution < 1.29 is 19.0 Å². The van der Waals surface area contributed by atoms with Crippen LogP contribution >= 0.6 is 11.3 Å². The van der Waals surface area contributed by atoms with Gasteiger partial charge in [0.05, 0.1) is 32.2 Å². The number of nitrogens with zero attached hydrogens (tertiary/aromatic N) is 5. The highest BCUT2D eigenvalue weighted by Gasteiger charge is 2.28. The van der Waals surface area contributed by atoms with Crippen LogP contribution in [0.3, 0.4) is 0 Å². The zero-order valence-corrected chi connectivity index (χ0v) is 20.6. The number of benzene rings is 1. The summed E-state index contributed by atoms with van der Waals surface area (Å²) in [5.41, 5.74) is 2.35. The van der Waals surface area contributed by atoms with Crippen LogP contribution in [-0.4, -0.2) is 58.4 Å². The van der Waals surface area contributed by atoms with Gasteiger partial charge in [-0.2, -0.15) is 10.1 Å². The third kappa shape index (κ3) is 4.97. The van der Waals surface area contributed by atoms with Crippen molar-refractivity contribution in [2.75, 3.05) is 20.8 Å². The Morgan fingerprint density at radius 3 is 2.69 bits per heavy atom. The molecule has 3 heterocycles. The third-order valence-corrected chi connectivity index (χ3v) is 7.17. The number of methoxy groups -OCH3 is 2. The van der Waals surface area contributed by atoms with Gasteiger partial charge in [-0.25, -0.2) is 5.01 Å². The maximum Gasteiger partial charge on any atom is 0.289 e. The number of hydrogen-bond acceptors (Lipinski definition) is 9. The van der Waals surface area contributed by atoms with E-state index in [-0.39, 0.29) is 17.9 Å². The summed E-state index contributed by atoms with van der Waals surface area (Å²) >= 11 is 1.23. The van der Waals surface area contributed by atoms with Crippen molar-refractivity contribution in [3.63, 3.8) is 0 Å². The number of carbonyl (C=O) groups is 1. The number of rotatable bonds is 7. The number of hydrogen-bond donors (Lipinski definition) is 0. The summed E-state index contributed by atoms with van der Waals surface area (Å²) in [6, 6.07) is 5.85. The minimum atomic E-state index is -0.248. The van der Waals surface area contributed by atoms with Gasteiger partial charge >= 0.3 is 0 Å². The quantitative estimate of drug-likeness (QED) is 0.475. The lowest BCUT2D eigenvalue weighted by Crippen LogP contribution is -2.32. The largest absolute Gasteiger partial charge is 0.493 e. The molecule has 10 heteroatoms. The molecule has 0 unspecified atom stereocenters. The third-order valence-electron chi connectivity index (χ3n) is 6.12. The second kappa shape index (κ2) is 10.4. The summed E-state index contributed by atoms with van der Waals surface area (Å²) in [4.78, 5) is 26.6. The lowest BCUT2D eigenvalue weighted by atomic mass is 10.0. The van der Waals surface area contributed by atoms with E-state index < -0.39 is 0 Å². The van der Waals surface area contributed by atoms with Crippen molar-refractivity contribution in [3.8, 4) is 28.1 Å². The Hall–Kier alpha value is -3.53. The van der Waals surface area contributed by atoms with Crippen LogP contribution in [0, 0.1) is 0 Å². The first-order valence-electron chi connectivity index (χ1n) is 11.7. The predicted octanol–water partition coefficient (Wildman–Crippen LogP) is 4.58. The molecular formula is C25H27N5O4S. The Kier molecular flexibility index (Phi) is 6.89. The molecule has 0 N–H and O–H groups in total. The van der Waals surface area contributed by atoms with Crippen LogP contribution in [-0.2, 0) is 0 Å². The molecule has 5 rings (SSSR count). The van der Waals surface area contributed by atoms with Crippen molar-refractivity contribution in [2.24, 2.45) is 5.10 Å². The van der Waals surface area contributed by atoms with Gasteiger partial charge in [-0.3, -0.25) is 14.8 Å². The second-order valence-corrected chi connectivity index (χ2v) is 9.42. The minimum absolute atomic E-state index is 0.216. The smallest absolute Gasteiger partial charge is 0.289 e. The molecule has 1 aliphatic carbocycles. The van der Waals surface area contributed by atoms with Gasteiger partial charge in [-0.15, -0.1) is 11.3 Å². The molecule has 35 heavy (non-hydrogen) atoms. The van der Waals surface area contributed by atoms with Crippen molar-refractivity contribution in [1.82, 2.24) is 20.0 Å². The van der Waals surface area contributed by atoms with E-state index in [1.54, 1.807) is 25.7 Å². The highest BCUT2D eigenvalue weighted by molar-refractivity contribution is 7.17. The summed E-state index contributed by atoms with van der Waals surface area (Å²) in [5.74, 6) is 1.44. The molecule has 2 aliphatic rings. The highest BCUT2D eigenvalue weighted by Crippen LogP contribution is 2.35. The van der Waals surface area contributed by atoms with E-state index in [1.165, 1.54) is 36.3 Å². The van der Waals surface area contributed by atoms with Gasteiger partial charge in [0.1, 0.15) is 10.7 Å². The maximum absolute atomic E-state index is 13.4. The first kappa shape index (κ1) is 23.2. The van der Waals surface area contributed by atoms with Crippen molar-refractivity contribution in [1.29, 1.82) is 0 Å². The Bertz CT molecular complexity index is 1220. The van der Waals surface area contributed by atoms with Crippen LogP contribution in [0.4, 0.5) is 0 Å². The fourth-order valence-corrected chi connectivity index (χ4v) is 5.28. The first-order valence-corrected chi connectivity index (χ1v) is 12.5. The molecule has 1 aromatic carbocycles. The molecule has 1 amide bonds. The molecule has 1 aliphatic heterocycles. The van der Waals surface area contributed by atoms with Crippen LogP contribution in [0.5, 0.6) is 17.4 Å². The Morgan fingerprint density at radius 2 is 1.94 bits per heavy atom. The van der Waals surface area contributed by atoms with E-state index in [0.29, 0.717) is 27.9 Å². The fourth-order valence-electron chi connectivity index (χ4n) is 4.34. The lowest BCUT2D eigenvalue weighted by Gasteiger charge is -2.24. The predicted molar refractivity (Wildman–Crippen MR) is 132 cm³/mol. The number of hydrazone groups is 1. The monoisotopic (exact) mass is 493 g/mol. The van der Waals surface area contributed by atoms with Gasteiger partial charge in [0.2, 0.25) is 5.88 Å². The van der Waals surface area contributed by atoms with Crippen LogP contribution < -0.4 is 14.2 Å². The lowest BCUT2D eigenvalue weighted by molar-refractivity contribution is 0.0753. The van der Waals surface area contributed by atoms with Gasteiger partial charge in [0, 0.05) is 24.5 Å². The minimum Gasteiger partial charge on any atom is -0.493 e. The van der Waals surface area contributed by atoms with Gasteiger partial charge in [0.25, 0.3) is 5.91 Å². The number of aromatic nitrogens is 3. The molecule has 1 fully saturated rings. The average Bonchev–Trinajstić information content (AvgIpc) is 3.59. The molecule has 0 spiro atoms. The average molecular weight is 494 g/mol. The van der Waals surface area contributed by atoms with Crippen molar-refractivity contribution in [3.05, 3.63) is 47.2 Å². The van der Waals surface area contributed by atoms with E-state index in [9.17, 15) is 4.79 Å². The standard InChI is InChI=1S/C25H27N5O4S/c1-32-20-10-9-16(14-21(20)34-17-6-3-4-7-17)18-8-5-13-30(29-18)25(31)22-23(33-2)28-24(35-22)19-15-26-11-12-27-19/h9-12,14-15,17H,3-8,13H2,1-2H3. The number of amides is 1. The molecule has 182 valence electrons. The van der Waals surface area contributed by atoms with E-state index in [4.69, 9.17) is 19.3 Å². The normalized spacial score (nSPS) is 16.2. The van der Waals surface area contributed by atoms with Crippen LogP contribution in [0.25, 0.3) is 10.7 Å². The molecule has 0 radical (unpaired) electrons. The molecule has 1 saturated carbocycles. The van der Waals surface area contributed by atoms with Crippen LogP contribution in [0.15, 0.2) is 41.9 Å². The summed E-state index contributed by atoms with van der Waals surface area (Å²) in [5, 5.41) is 6.78. The van der Waals surface area contributed by atoms with Crippen LogP contribution in [0.2, 0.25) is 0 Å². The van der Waals surface area contributed by atoms with Gasteiger partial charge in [-0.1, -0.05) is 0 Å². The second-order valence-electron chi connectivity index (χ2n) is 8.42. The summed E-state index contributed by atoms with van der Waals surface area (Å²) < 4.78 is 17.2. The molecule has 2 aromatic heterocycles. The van der Waals surface area contributed by atoms with E-state index >= 15 is 0 Å². The number of ether oxygens (including phenoxy) is 3. The SMILES string of the molecule is COc1ccc(C2=NN(C(=O)c3sc(-c4cnccn4)nc3OC)CCC2)cc1OC1CCCC1. The first-order chi connectivity index (χ1) is 17.2. The number of thiazole rings is 1. The zero-order chi connectivity index (χ0) is 24.2. The van der Waals surface area contributed by atoms with E-state index in [0.717, 1.165) is 42.7 Å². The molecule has 0 atom stereocenters. The maximum atomic E-state index is 13.4. The van der Waals surface area contributed by atoms with Crippen molar-refractivity contribution >= 4 is 23.0 Å². The zero-order valence-electron chi connectivity index (χ0n) is 19.8. The van der Waals surface area contributed by atoms with Gasteiger partial charge in [-0.05, 0) is 56.7 Å². The Labute approximate surface area is 207 Å². The fraction of sp³-hybridized carbons (Fsp3) is 0.400. The number of carbonyl (C=O) groups excluding carboxylic acids is 1. The van der Waals surface area contributed by atoms with Crippen molar-refractivity contribution in [2.45, 2.75) is 44.6 Å². The summed E-state index contributed by atoms with van der Waals surface area (Å²) in [7, 11) is 3.15. The van der Waals surface area contributed by atoms with Crippen LogP contribution in [0.1, 0.15) is 53.8 Å². The Morgan fingerprint density at radius 1 is 1.09 bits per heavy atom. The molecular weight excluding hydrogens is 466 g/mol. The molecule has 0 saturated heterocycles. The molecule has 3 aromatic rings. The highest BCUT2D eigenvalue weighted by atomic mass is 32.1. The van der Waals surface area contributed by atoms with Gasteiger partial charge in [0.15, 0.2) is 16.4 Å². The topological polar surface area (TPSA) is 99.0 Å². The van der Waals surface area contributed by atoms with E-state index in [1.807, 2.05) is 18.2 Å².